The van der Waals surface area contributed by atoms with Gasteiger partial charge in [-0.25, -0.2) is 19.9 Å². The Morgan fingerprint density at radius 2 is 2.00 bits per heavy atom. The van der Waals surface area contributed by atoms with Gasteiger partial charge in [-0.3, -0.25) is 0 Å². The first-order chi connectivity index (χ1) is 8.18. The Morgan fingerprint density at radius 3 is 2.65 bits per heavy atom. The lowest BCUT2D eigenvalue weighted by Crippen LogP contribution is -1.98. The van der Waals surface area contributed by atoms with Crippen molar-refractivity contribution in [2.24, 2.45) is 0 Å². The third kappa shape index (κ3) is 2.92. The summed E-state index contributed by atoms with van der Waals surface area (Å²) in [5, 5.41) is 2.20. The molecule has 0 radical (unpaired) electrons. The van der Waals surface area contributed by atoms with Crippen LogP contribution in [0.3, 0.4) is 0 Å². The summed E-state index contributed by atoms with van der Waals surface area (Å²) in [4.78, 5) is 16.3. The maximum Gasteiger partial charge on any atom is 0.137 e. The van der Waals surface area contributed by atoms with E-state index in [9.17, 15) is 0 Å². The van der Waals surface area contributed by atoms with Crippen molar-refractivity contribution in [3.8, 4) is 0 Å². The largest absolute Gasteiger partial charge is 0.245 e. The van der Waals surface area contributed by atoms with E-state index in [-0.39, 0.29) is 5.92 Å². The summed E-state index contributed by atoms with van der Waals surface area (Å²) in [7, 11) is 0. The van der Waals surface area contributed by atoms with E-state index < -0.39 is 0 Å². The van der Waals surface area contributed by atoms with Gasteiger partial charge in [0.05, 0.1) is 0 Å². The molecule has 0 amide bonds. The second-order valence-electron chi connectivity index (χ2n) is 3.69. The van der Waals surface area contributed by atoms with Crippen LogP contribution >= 0.6 is 23.4 Å². The molecule has 88 valence electrons. The summed E-state index contributed by atoms with van der Waals surface area (Å²) in [6.07, 6.45) is 4.69. The van der Waals surface area contributed by atoms with Gasteiger partial charge in [0.1, 0.15) is 27.9 Å². The molecule has 0 spiro atoms. The number of halogens is 1. The topological polar surface area (TPSA) is 51.6 Å². The van der Waals surface area contributed by atoms with E-state index in [1.54, 1.807) is 6.20 Å². The summed E-state index contributed by atoms with van der Waals surface area (Å²) < 4.78 is 0. The third-order valence-corrected chi connectivity index (χ3v) is 3.40. The molecular formula is C11H11ClN4S. The number of rotatable bonds is 3. The van der Waals surface area contributed by atoms with Crippen molar-refractivity contribution < 1.29 is 0 Å². The molecule has 0 aliphatic heterocycles. The van der Waals surface area contributed by atoms with E-state index in [1.807, 2.05) is 6.07 Å². The van der Waals surface area contributed by atoms with E-state index in [0.29, 0.717) is 5.15 Å². The third-order valence-electron chi connectivity index (χ3n) is 2.13. The molecule has 2 aromatic rings. The molecule has 0 bridgehead atoms. The van der Waals surface area contributed by atoms with E-state index in [0.717, 1.165) is 15.6 Å². The van der Waals surface area contributed by atoms with Gasteiger partial charge in [0, 0.05) is 11.8 Å². The summed E-state index contributed by atoms with van der Waals surface area (Å²) in [6, 6.07) is 1.84. The van der Waals surface area contributed by atoms with E-state index in [2.05, 4.69) is 33.8 Å². The first-order valence-electron chi connectivity index (χ1n) is 5.12. The van der Waals surface area contributed by atoms with Gasteiger partial charge in [0.25, 0.3) is 0 Å². The van der Waals surface area contributed by atoms with Crippen molar-refractivity contribution >= 4 is 23.4 Å². The number of hydrogen-bond donors (Lipinski definition) is 0. The lowest BCUT2D eigenvalue weighted by molar-refractivity contribution is 0.802. The van der Waals surface area contributed by atoms with Crippen molar-refractivity contribution in [3.63, 3.8) is 0 Å². The number of hydrogen-bond acceptors (Lipinski definition) is 5. The van der Waals surface area contributed by atoms with Gasteiger partial charge in [0.2, 0.25) is 0 Å². The van der Waals surface area contributed by atoms with Crippen molar-refractivity contribution in [1.82, 2.24) is 19.9 Å². The zero-order valence-electron chi connectivity index (χ0n) is 9.46. The summed E-state index contributed by atoms with van der Waals surface area (Å²) in [5.74, 6) is 0.271. The van der Waals surface area contributed by atoms with Crippen molar-refractivity contribution in [2.45, 2.75) is 29.8 Å². The van der Waals surface area contributed by atoms with Gasteiger partial charge in [0.15, 0.2) is 0 Å². The van der Waals surface area contributed by atoms with Crippen molar-refractivity contribution in [1.29, 1.82) is 0 Å². The lowest BCUT2D eigenvalue weighted by Gasteiger charge is -2.11. The minimum atomic E-state index is 0.271. The van der Waals surface area contributed by atoms with Crippen LogP contribution in [0.2, 0.25) is 5.15 Å². The highest BCUT2D eigenvalue weighted by molar-refractivity contribution is 7.99. The molecule has 0 aromatic carbocycles. The van der Waals surface area contributed by atoms with Crippen LogP contribution in [0.25, 0.3) is 0 Å². The molecule has 6 heteroatoms. The van der Waals surface area contributed by atoms with E-state index >= 15 is 0 Å². The fourth-order valence-electron chi connectivity index (χ4n) is 1.36. The second kappa shape index (κ2) is 5.42. The van der Waals surface area contributed by atoms with Crippen LogP contribution in [0.15, 0.2) is 35.0 Å². The molecule has 0 saturated carbocycles. The van der Waals surface area contributed by atoms with Crippen LogP contribution in [-0.2, 0) is 0 Å². The Kier molecular flexibility index (Phi) is 3.91. The lowest BCUT2D eigenvalue weighted by atomic mass is 10.1. The van der Waals surface area contributed by atoms with Gasteiger partial charge < -0.3 is 0 Å². The van der Waals surface area contributed by atoms with Gasteiger partial charge in [-0.2, -0.15) is 0 Å². The predicted octanol–water partition coefficient (Wildman–Crippen LogP) is 3.19. The van der Waals surface area contributed by atoms with Crippen molar-refractivity contribution in [2.75, 3.05) is 0 Å². The minimum Gasteiger partial charge on any atom is -0.245 e. The highest BCUT2D eigenvalue weighted by Crippen LogP contribution is 2.33. The molecular weight excluding hydrogens is 256 g/mol. The smallest absolute Gasteiger partial charge is 0.137 e. The number of aromatic nitrogens is 4. The fourth-order valence-corrected chi connectivity index (χ4v) is 2.74. The van der Waals surface area contributed by atoms with E-state index in [4.69, 9.17) is 11.6 Å². The monoisotopic (exact) mass is 266 g/mol. The highest BCUT2D eigenvalue weighted by Gasteiger charge is 2.14. The molecule has 17 heavy (non-hydrogen) atoms. The maximum absolute atomic E-state index is 6.09. The Hall–Kier alpha value is -1.20. The number of nitrogens with zero attached hydrogens (tertiary/aromatic N) is 4. The average molecular weight is 267 g/mol. The highest BCUT2D eigenvalue weighted by atomic mass is 35.5. The van der Waals surface area contributed by atoms with Gasteiger partial charge in [-0.1, -0.05) is 25.4 Å². The van der Waals surface area contributed by atoms with Gasteiger partial charge in [-0.15, -0.1) is 0 Å². The average Bonchev–Trinajstić information content (AvgIpc) is 2.30. The van der Waals surface area contributed by atoms with E-state index in [1.165, 1.54) is 24.4 Å². The van der Waals surface area contributed by atoms with Crippen LogP contribution in [0.1, 0.15) is 25.3 Å². The first-order valence-corrected chi connectivity index (χ1v) is 6.32. The molecule has 0 unspecified atom stereocenters. The molecule has 0 N–H and O–H groups in total. The molecule has 0 saturated heterocycles. The normalized spacial score (nSPS) is 10.8. The maximum atomic E-state index is 6.09. The van der Waals surface area contributed by atoms with Gasteiger partial charge in [-0.05, 0) is 23.7 Å². The zero-order valence-corrected chi connectivity index (χ0v) is 11.0. The van der Waals surface area contributed by atoms with Crippen LogP contribution in [0, 0.1) is 0 Å². The van der Waals surface area contributed by atoms with Crippen LogP contribution < -0.4 is 0 Å². The summed E-state index contributed by atoms with van der Waals surface area (Å²) in [6.45, 7) is 4.13. The minimum absolute atomic E-state index is 0.271. The zero-order chi connectivity index (χ0) is 12.3. The molecule has 0 atom stereocenters. The Bertz CT molecular complexity index is 504. The Labute approximate surface area is 109 Å². The standard InChI is InChI=1S/C11H11ClN4S/c1-7(2)9-10(12)15-6-16-11(9)17-8-3-4-13-5-14-8/h3-7H,1-2H3. The first kappa shape index (κ1) is 12.3. The fraction of sp³-hybridized carbons (Fsp3) is 0.273. The van der Waals surface area contributed by atoms with Crippen LogP contribution in [0.5, 0.6) is 0 Å². The molecule has 2 heterocycles. The predicted molar refractivity (Wildman–Crippen MR) is 67.3 cm³/mol. The Morgan fingerprint density at radius 1 is 1.18 bits per heavy atom. The van der Waals surface area contributed by atoms with Crippen LogP contribution in [0.4, 0.5) is 0 Å². The van der Waals surface area contributed by atoms with Crippen molar-refractivity contribution in [3.05, 3.63) is 35.6 Å². The molecule has 0 aliphatic carbocycles. The molecule has 2 aromatic heterocycles. The Balaban J connectivity index is 2.36. The quantitative estimate of drug-likeness (QED) is 0.799. The molecule has 2 rings (SSSR count). The summed E-state index contributed by atoms with van der Waals surface area (Å²) in [5.41, 5.74) is 0.956. The molecule has 0 aliphatic rings. The van der Waals surface area contributed by atoms with Gasteiger partial charge >= 0.3 is 0 Å². The SMILES string of the molecule is CC(C)c1c(Cl)ncnc1Sc1ccncn1. The molecule has 4 nitrogen and oxygen atoms in total. The second-order valence-corrected chi connectivity index (χ2v) is 5.05. The van der Waals surface area contributed by atoms with Crippen LogP contribution in [-0.4, -0.2) is 19.9 Å². The molecule has 0 fully saturated rings. The summed E-state index contributed by atoms with van der Waals surface area (Å²) >= 11 is 7.56.